The molecule has 0 aliphatic heterocycles. The number of halogens is 1. The van der Waals surface area contributed by atoms with Gasteiger partial charge < -0.3 is 16.0 Å². The molecule has 2 aromatic rings. The lowest BCUT2D eigenvalue weighted by molar-refractivity contribution is -0.117. The second-order valence-electron chi connectivity index (χ2n) is 8.07. The molecule has 27 heavy (non-hydrogen) atoms. The Balaban J connectivity index is 2.28. The largest absolute Gasteiger partial charge is 0.380 e. The van der Waals surface area contributed by atoms with Gasteiger partial charge in [-0.15, -0.1) is 0 Å². The summed E-state index contributed by atoms with van der Waals surface area (Å²) in [7, 11) is 0. The summed E-state index contributed by atoms with van der Waals surface area (Å²) in [5.41, 5.74) is 4.97. The smallest absolute Gasteiger partial charge is 0.224 e. The van der Waals surface area contributed by atoms with Crippen molar-refractivity contribution >= 4 is 23.5 Å². The van der Waals surface area contributed by atoms with Crippen LogP contribution < -0.4 is 10.6 Å². The highest BCUT2D eigenvalue weighted by Gasteiger charge is 2.19. The summed E-state index contributed by atoms with van der Waals surface area (Å²) in [6.45, 7) is 10.4. The quantitative estimate of drug-likeness (QED) is 0.595. The normalized spacial score (nSPS) is 11.2. The van der Waals surface area contributed by atoms with E-state index in [1.165, 1.54) is 18.3 Å². The van der Waals surface area contributed by atoms with Gasteiger partial charge in [-0.25, -0.2) is 4.39 Å². The molecular weight excluding hydrogens is 341 g/mol. The van der Waals surface area contributed by atoms with Crippen LogP contribution in [0.15, 0.2) is 30.3 Å². The van der Waals surface area contributed by atoms with Gasteiger partial charge >= 0.3 is 0 Å². The molecule has 0 spiro atoms. The zero-order valence-electron chi connectivity index (χ0n) is 16.7. The van der Waals surface area contributed by atoms with Crippen LogP contribution in [-0.2, 0) is 11.3 Å². The van der Waals surface area contributed by atoms with E-state index in [-0.39, 0.29) is 17.1 Å². The first-order chi connectivity index (χ1) is 12.6. The molecule has 144 valence electrons. The summed E-state index contributed by atoms with van der Waals surface area (Å²) in [6, 6.07) is 8.19. The predicted molar refractivity (Wildman–Crippen MR) is 110 cm³/mol. The molecular formula is C22H28FN3O. The fourth-order valence-corrected chi connectivity index (χ4v) is 3.01. The number of nitrogens with one attached hydrogen (secondary N) is 3. The number of amides is 1. The molecule has 0 bridgehead atoms. The van der Waals surface area contributed by atoms with Crippen molar-refractivity contribution in [1.82, 2.24) is 0 Å². The standard InChI is InChI=1S/C22H28FN3O/c1-14-10-17(12-24)21(25-13-16-6-8-18(23)9-7-16)15(2)20(14)26-19(27)11-22(3,4)5/h6-10,12,24-25H,11,13H2,1-5H3,(H,26,27). The second-order valence-corrected chi connectivity index (χ2v) is 8.07. The Morgan fingerprint density at radius 1 is 1.15 bits per heavy atom. The maximum atomic E-state index is 13.1. The maximum Gasteiger partial charge on any atom is 0.224 e. The van der Waals surface area contributed by atoms with Gasteiger partial charge in [-0.1, -0.05) is 32.9 Å². The molecule has 0 fully saturated rings. The number of hydrogen-bond acceptors (Lipinski definition) is 3. The van der Waals surface area contributed by atoms with Crippen LogP contribution in [0.25, 0.3) is 0 Å². The lowest BCUT2D eigenvalue weighted by atomic mass is 9.91. The average Bonchev–Trinajstić information content (AvgIpc) is 2.57. The van der Waals surface area contributed by atoms with Crippen LogP contribution in [0.3, 0.4) is 0 Å². The van der Waals surface area contributed by atoms with Gasteiger partial charge in [-0.3, -0.25) is 4.79 Å². The van der Waals surface area contributed by atoms with Crippen LogP contribution >= 0.6 is 0 Å². The number of aryl methyl sites for hydroxylation is 1. The Kier molecular flexibility index (Phi) is 6.37. The Labute approximate surface area is 160 Å². The molecule has 0 radical (unpaired) electrons. The number of carbonyl (C=O) groups is 1. The SMILES string of the molecule is Cc1cc(C=N)c(NCc2ccc(F)cc2)c(C)c1NC(=O)CC(C)(C)C. The third-order valence-electron chi connectivity index (χ3n) is 4.30. The maximum absolute atomic E-state index is 13.1. The highest BCUT2D eigenvalue weighted by Crippen LogP contribution is 2.32. The predicted octanol–water partition coefficient (Wildman–Crippen LogP) is 5.43. The van der Waals surface area contributed by atoms with Crippen molar-refractivity contribution in [2.75, 3.05) is 10.6 Å². The molecule has 0 unspecified atom stereocenters. The van der Waals surface area contributed by atoms with Crippen molar-refractivity contribution in [2.45, 2.75) is 47.6 Å². The van der Waals surface area contributed by atoms with E-state index in [0.29, 0.717) is 13.0 Å². The molecule has 0 aliphatic carbocycles. The van der Waals surface area contributed by atoms with Crippen molar-refractivity contribution in [3.05, 3.63) is 58.4 Å². The van der Waals surface area contributed by atoms with Crippen molar-refractivity contribution in [3.8, 4) is 0 Å². The minimum atomic E-state index is -0.269. The van der Waals surface area contributed by atoms with Crippen LogP contribution in [0.5, 0.6) is 0 Å². The van der Waals surface area contributed by atoms with Gasteiger partial charge in [-0.2, -0.15) is 0 Å². The van der Waals surface area contributed by atoms with Crippen molar-refractivity contribution in [3.63, 3.8) is 0 Å². The zero-order valence-corrected chi connectivity index (χ0v) is 16.7. The lowest BCUT2D eigenvalue weighted by Gasteiger charge is -2.21. The molecule has 5 heteroatoms. The van der Waals surface area contributed by atoms with Gasteiger partial charge in [0.05, 0.1) is 0 Å². The molecule has 0 aliphatic rings. The number of anilines is 2. The van der Waals surface area contributed by atoms with E-state index in [1.807, 2.05) is 40.7 Å². The number of rotatable bonds is 6. The summed E-state index contributed by atoms with van der Waals surface area (Å²) in [5, 5.41) is 14.1. The van der Waals surface area contributed by atoms with E-state index >= 15 is 0 Å². The van der Waals surface area contributed by atoms with Gasteiger partial charge in [0.2, 0.25) is 5.91 Å². The van der Waals surface area contributed by atoms with E-state index in [0.717, 1.165) is 33.6 Å². The molecule has 0 heterocycles. The van der Waals surface area contributed by atoms with Gasteiger partial charge in [0.25, 0.3) is 0 Å². The van der Waals surface area contributed by atoms with Gasteiger partial charge in [0, 0.05) is 36.1 Å². The Morgan fingerprint density at radius 3 is 2.33 bits per heavy atom. The van der Waals surface area contributed by atoms with E-state index < -0.39 is 0 Å². The van der Waals surface area contributed by atoms with Gasteiger partial charge in [0.1, 0.15) is 5.82 Å². The summed E-state index contributed by atoms with van der Waals surface area (Å²) >= 11 is 0. The van der Waals surface area contributed by atoms with Crippen LogP contribution in [0.1, 0.15) is 49.4 Å². The highest BCUT2D eigenvalue weighted by molar-refractivity contribution is 5.97. The highest BCUT2D eigenvalue weighted by atomic mass is 19.1. The third kappa shape index (κ3) is 5.64. The van der Waals surface area contributed by atoms with Crippen LogP contribution in [0.2, 0.25) is 0 Å². The molecule has 2 rings (SSSR count). The minimum absolute atomic E-state index is 0.0270. The van der Waals surface area contributed by atoms with Crippen molar-refractivity contribution in [1.29, 1.82) is 5.41 Å². The molecule has 1 amide bonds. The molecule has 0 saturated heterocycles. The third-order valence-corrected chi connectivity index (χ3v) is 4.30. The van der Waals surface area contributed by atoms with E-state index in [4.69, 9.17) is 5.41 Å². The zero-order chi connectivity index (χ0) is 20.2. The number of hydrogen-bond donors (Lipinski definition) is 3. The topological polar surface area (TPSA) is 65.0 Å². The Bertz CT molecular complexity index is 836. The fourth-order valence-electron chi connectivity index (χ4n) is 3.01. The molecule has 0 saturated carbocycles. The average molecular weight is 369 g/mol. The van der Waals surface area contributed by atoms with Gasteiger partial charge in [0.15, 0.2) is 0 Å². The van der Waals surface area contributed by atoms with Crippen LogP contribution in [-0.4, -0.2) is 12.1 Å². The van der Waals surface area contributed by atoms with Crippen LogP contribution in [0, 0.1) is 30.5 Å². The lowest BCUT2D eigenvalue weighted by Crippen LogP contribution is -2.21. The monoisotopic (exact) mass is 369 g/mol. The van der Waals surface area contributed by atoms with E-state index in [9.17, 15) is 9.18 Å². The van der Waals surface area contributed by atoms with Crippen molar-refractivity contribution < 1.29 is 9.18 Å². The summed E-state index contributed by atoms with van der Waals surface area (Å²) in [4.78, 5) is 12.4. The summed E-state index contributed by atoms with van der Waals surface area (Å²) < 4.78 is 13.1. The van der Waals surface area contributed by atoms with E-state index in [2.05, 4.69) is 10.6 Å². The van der Waals surface area contributed by atoms with Crippen molar-refractivity contribution in [2.24, 2.45) is 5.41 Å². The number of carbonyl (C=O) groups excluding carboxylic acids is 1. The number of benzene rings is 2. The fraction of sp³-hybridized carbons (Fsp3) is 0.364. The summed E-state index contributed by atoms with van der Waals surface area (Å²) in [6.07, 6.45) is 1.73. The molecule has 2 aromatic carbocycles. The second kappa shape index (κ2) is 8.33. The first kappa shape index (κ1) is 20.6. The molecule has 4 nitrogen and oxygen atoms in total. The first-order valence-electron chi connectivity index (χ1n) is 9.03. The van der Waals surface area contributed by atoms with Crippen LogP contribution in [0.4, 0.5) is 15.8 Å². The Morgan fingerprint density at radius 2 is 1.78 bits per heavy atom. The molecule has 0 aromatic heterocycles. The molecule has 0 atom stereocenters. The van der Waals surface area contributed by atoms with E-state index in [1.54, 1.807) is 12.1 Å². The Hall–Kier alpha value is -2.69. The summed E-state index contributed by atoms with van der Waals surface area (Å²) in [5.74, 6) is -0.296. The minimum Gasteiger partial charge on any atom is -0.380 e. The van der Waals surface area contributed by atoms with Gasteiger partial charge in [-0.05, 0) is 54.2 Å². The molecule has 3 N–H and O–H groups in total. The first-order valence-corrected chi connectivity index (χ1v) is 9.03.